The van der Waals surface area contributed by atoms with Crippen molar-refractivity contribution >= 4 is 17.3 Å². The Balaban J connectivity index is 2.56. The minimum absolute atomic E-state index is 0.0147. The summed E-state index contributed by atoms with van der Waals surface area (Å²) in [5.74, 6) is -0.843. The van der Waals surface area contributed by atoms with E-state index in [0.29, 0.717) is 12.3 Å². The van der Waals surface area contributed by atoms with Gasteiger partial charge in [-0.15, -0.1) is 0 Å². The van der Waals surface area contributed by atoms with Crippen molar-refractivity contribution in [1.29, 1.82) is 0 Å². The van der Waals surface area contributed by atoms with Gasteiger partial charge in [-0.2, -0.15) is 0 Å². The molecule has 6 heteroatoms. The highest BCUT2D eigenvalue weighted by Crippen LogP contribution is 2.16. The number of carbonyl (C=O) groups excluding carboxylic acids is 1. The molecule has 19 heavy (non-hydrogen) atoms. The van der Waals surface area contributed by atoms with Crippen LogP contribution >= 0.6 is 0 Å². The Morgan fingerprint density at radius 3 is 2.74 bits per heavy atom. The summed E-state index contributed by atoms with van der Waals surface area (Å²) in [6.45, 7) is 3.85. The monoisotopic (exact) mass is 270 g/mol. The fraction of sp³-hybridized carbons (Fsp3) is 0.462. The van der Waals surface area contributed by atoms with Gasteiger partial charge in [0.25, 0.3) is 5.91 Å². The maximum atomic E-state index is 13.0. The van der Waals surface area contributed by atoms with Crippen molar-refractivity contribution in [2.24, 2.45) is 0 Å². The summed E-state index contributed by atoms with van der Waals surface area (Å²) in [6, 6.07) is 4.00. The Bertz CT molecular complexity index is 440. The van der Waals surface area contributed by atoms with Crippen LogP contribution in [0.5, 0.6) is 0 Å². The molecule has 106 valence electrons. The van der Waals surface area contributed by atoms with Crippen LogP contribution in [-0.4, -0.2) is 31.8 Å². The molecule has 0 aliphatic carbocycles. The minimum atomic E-state index is -0.642. The SMILES string of the molecule is COCC(C)OC(C)C(=O)Nc1ccc(F)c(N)c1. The smallest absolute Gasteiger partial charge is 0.253 e. The first-order valence-electron chi connectivity index (χ1n) is 5.94. The van der Waals surface area contributed by atoms with E-state index in [1.807, 2.05) is 6.92 Å². The third kappa shape index (κ3) is 4.84. The standard InChI is InChI=1S/C13H19FN2O3/c1-8(7-18-3)19-9(2)13(17)16-10-4-5-11(14)12(15)6-10/h4-6,8-9H,7,15H2,1-3H3,(H,16,17). The molecule has 0 spiro atoms. The van der Waals surface area contributed by atoms with E-state index >= 15 is 0 Å². The number of hydrogen-bond acceptors (Lipinski definition) is 4. The molecule has 0 aliphatic heterocycles. The number of nitrogens with two attached hydrogens (primary N) is 1. The number of halogens is 1. The van der Waals surface area contributed by atoms with E-state index in [0.717, 1.165) is 0 Å². The average Bonchev–Trinajstić information content (AvgIpc) is 2.34. The summed E-state index contributed by atoms with van der Waals surface area (Å²) in [7, 11) is 1.56. The lowest BCUT2D eigenvalue weighted by Gasteiger charge is -2.18. The fourth-order valence-electron chi connectivity index (χ4n) is 1.55. The van der Waals surface area contributed by atoms with Crippen LogP contribution in [-0.2, 0) is 14.3 Å². The van der Waals surface area contributed by atoms with Crippen LogP contribution < -0.4 is 11.1 Å². The van der Waals surface area contributed by atoms with E-state index in [1.165, 1.54) is 18.2 Å². The van der Waals surface area contributed by atoms with Gasteiger partial charge in [0, 0.05) is 12.8 Å². The summed E-state index contributed by atoms with van der Waals surface area (Å²) in [5, 5.41) is 2.61. The third-order valence-corrected chi connectivity index (χ3v) is 2.47. The number of benzene rings is 1. The number of ether oxygens (including phenoxy) is 2. The molecule has 1 aromatic carbocycles. The van der Waals surface area contributed by atoms with E-state index in [1.54, 1.807) is 14.0 Å². The van der Waals surface area contributed by atoms with E-state index < -0.39 is 11.9 Å². The van der Waals surface area contributed by atoms with Crippen molar-refractivity contribution < 1.29 is 18.7 Å². The molecule has 0 heterocycles. The molecule has 0 saturated carbocycles. The summed E-state index contributed by atoms with van der Waals surface area (Å²) >= 11 is 0. The molecule has 1 aromatic rings. The lowest BCUT2D eigenvalue weighted by Crippen LogP contribution is -2.32. The number of anilines is 2. The number of methoxy groups -OCH3 is 1. The average molecular weight is 270 g/mol. The van der Waals surface area contributed by atoms with Gasteiger partial charge in [0.1, 0.15) is 11.9 Å². The summed E-state index contributed by atoms with van der Waals surface area (Å²) < 4.78 is 23.3. The van der Waals surface area contributed by atoms with Gasteiger partial charge in [0.05, 0.1) is 18.4 Å². The highest BCUT2D eigenvalue weighted by atomic mass is 19.1. The van der Waals surface area contributed by atoms with E-state index in [-0.39, 0.29) is 17.7 Å². The minimum Gasteiger partial charge on any atom is -0.396 e. The molecule has 0 radical (unpaired) electrons. The van der Waals surface area contributed by atoms with Crippen LogP contribution in [0.25, 0.3) is 0 Å². The Morgan fingerprint density at radius 2 is 2.16 bits per heavy atom. The third-order valence-electron chi connectivity index (χ3n) is 2.47. The summed E-state index contributed by atoms with van der Waals surface area (Å²) in [4.78, 5) is 11.8. The number of carbonyl (C=O) groups is 1. The van der Waals surface area contributed by atoms with Crippen molar-refractivity contribution in [3.05, 3.63) is 24.0 Å². The van der Waals surface area contributed by atoms with E-state index in [9.17, 15) is 9.18 Å². The number of nitrogens with one attached hydrogen (secondary N) is 1. The molecule has 0 saturated heterocycles. The second-order valence-electron chi connectivity index (χ2n) is 4.27. The quantitative estimate of drug-likeness (QED) is 0.773. The van der Waals surface area contributed by atoms with Crippen molar-refractivity contribution in [3.63, 3.8) is 0 Å². The number of rotatable bonds is 6. The fourth-order valence-corrected chi connectivity index (χ4v) is 1.55. The predicted octanol–water partition coefficient (Wildman–Crippen LogP) is 1.79. The van der Waals surface area contributed by atoms with Gasteiger partial charge in [-0.05, 0) is 32.0 Å². The molecule has 0 fully saturated rings. The topological polar surface area (TPSA) is 73.6 Å². The molecule has 0 aromatic heterocycles. The Labute approximate surface area is 111 Å². The van der Waals surface area contributed by atoms with Gasteiger partial charge in [-0.1, -0.05) is 0 Å². The first-order chi connectivity index (χ1) is 8.93. The zero-order chi connectivity index (χ0) is 14.4. The van der Waals surface area contributed by atoms with Gasteiger partial charge >= 0.3 is 0 Å². The van der Waals surface area contributed by atoms with E-state index in [2.05, 4.69) is 5.32 Å². The second-order valence-corrected chi connectivity index (χ2v) is 4.27. The number of hydrogen-bond donors (Lipinski definition) is 2. The Morgan fingerprint density at radius 1 is 1.47 bits per heavy atom. The van der Waals surface area contributed by atoms with Gasteiger partial charge in [0.15, 0.2) is 0 Å². The number of amides is 1. The lowest BCUT2D eigenvalue weighted by atomic mass is 10.2. The molecular formula is C13H19FN2O3. The highest BCUT2D eigenvalue weighted by molar-refractivity contribution is 5.94. The van der Waals surface area contributed by atoms with Crippen LogP contribution in [0.3, 0.4) is 0 Å². The van der Waals surface area contributed by atoms with Crippen LogP contribution in [0.4, 0.5) is 15.8 Å². The lowest BCUT2D eigenvalue weighted by molar-refractivity contribution is -0.131. The zero-order valence-electron chi connectivity index (χ0n) is 11.3. The molecule has 1 amide bonds. The molecule has 2 unspecified atom stereocenters. The predicted molar refractivity (Wildman–Crippen MR) is 71.3 cm³/mol. The largest absolute Gasteiger partial charge is 0.396 e. The Kier molecular flexibility index (Phi) is 5.72. The zero-order valence-corrected chi connectivity index (χ0v) is 11.3. The van der Waals surface area contributed by atoms with Gasteiger partial charge in [0.2, 0.25) is 0 Å². The normalized spacial score (nSPS) is 13.9. The van der Waals surface area contributed by atoms with Gasteiger partial charge in [-0.3, -0.25) is 4.79 Å². The van der Waals surface area contributed by atoms with Crippen molar-refractivity contribution in [3.8, 4) is 0 Å². The first kappa shape index (κ1) is 15.4. The second kappa shape index (κ2) is 7.06. The highest BCUT2D eigenvalue weighted by Gasteiger charge is 2.17. The maximum Gasteiger partial charge on any atom is 0.253 e. The van der Waals surface area contributed by atoms with Gasteiger partial charge < -0.3 is 20.5 Å². The molecule has 0 bridgehead atoms. The molecule has 1 rings (SSSR count). The van der Waals surface area contributed by atoms with E-state index in [4.69, 9.17) is 15.2 Å². The Hall–Kier alpha value is -1.66. The van der Waals surface area contributed by atoms with Gasteiger partial charge in [-0.25, -0.2) is 4.39 Å². The van der Waals surface area contributed by atoms with Crippen LogP contribution in [0.15, 0.2) is 18.2 Å². The van der Waals surface area contributed by atoms with Crippen LogP contribution in [0.2, 0.25) is 0 Å². The maximum absolute atomic E-state index is 13.0. The molecule has 0 aliphatic rings. The number of nitrogen functional groups attached to an aromatic ring is 1. The first-order valence-corrected chi connectivity index (χ1v) is 5.94. The summed E-state index contributed by atoms with van der Waals surface area (Å²) in [6.07, 6.45) is -0.833. The molecule has 3 N–H and O–H groups in total. The molecular weight excluding hydrogens is 251 g/mol. The molecule has 5 nitrogen and oxygen atoms in total. The van der Waals surface area contributed by atoms with Crippen molar-refractivity contribution in [1.82, 2.24) is 0 Å². The molecule has 2 atom stereocenters. The van der Waals surface area contributed by atoms with Crippen molar-refractivity contribution in [2.75, 3.05) is 24.8 Å². The van der Waals surface area contributed by atoms with Crippen LogP contribution in [0, 0.1) is 5.82 Å². The summed E-state index contributed by atoms with van der Waals surface area (Å²) in [5.41, 5.74) is 5.83. The van der Waals surface area contributed by atoms with Crippen molar-refractivity contribution in [2.45, 2.75) is 26.1 Å². The van der Waals surface area contributed by atoms with Crippen LogP contribution in [0.1, 0.15) is 13.8 Å².